The molecule has 3 N–H and O–H groups in total. The highest BCUT2D eigenvalue weighted by Gasteiger charge is 2.30. The van der Waals surface area contributed by atoms with E-state index < -0.39 is 29.9 Å². The molecule has 0 aliphatic carbocycles. The van der Waals surface area contributed by atoms with Crippen LogP contribution in [0.3, 0.4) is 0 Å². The fourth-order valence-corrected chi connectivity index (χ4v) is 5.08. The summed E-state index contributed by atoms with van der Waals surface area (Å²) in [7, 11) is 0. The Morgan fingerprint density at radius 2 is 1.79 bits per heavy atom. The Balaban J connectivity index is 1.45. The van der Waals surface area contributed by atoms with Crippen LogP contribution in [0.5, 0.6) is 0 Å². The number of hydrogen-bond acceptors (Lipinski definition) is 6. The smallest absolute Gasteiger partial charge is 0.407 e. The van der Waals surface area contributed by atoms with E-state index in [-0.39, 0.29) is 19.1 Å². The van der Waals surface area contributed by atoms with Gasteiger partial charge in [-0.2, -0.15) is 0 Å². The summed E-state index contributed by atoms with van der Waals surface area (Å²) in [5, 5.41) is 15.1. The van der Waals surface area contributed by atoms with Crippen molar-refractivity contribution in [2.45, 2.75) is 30.4 Å². The molecule has 208 valence electrons. The number of carboxylic acids is 1. The molecular weight excluding hydrogens is 565 g/mol. The predicted molar refractivity (Wildman–Crippen MR) is 151 cm³/mol. The summed E-state index contributed by atoms with van der Waals surface area (Å²) in [5.74, 6) is -2.41. The Kier molecular flexibility index (Phi) is 11.5. The molecule has 39 heavy (non-hydrogen) atoms. The van der Waals surface area contributed by atoms with Crippen LogP contribution >= 0.6 is 35.0 Å². The van der Waals surface area contributed by atoms with Crippen LogP contribution in [0.1, 0.15) is 24.0 Å². The second-order valence-electron chi connectivity index (χ2n) is 8.76. The Bertz CT molecular complexity index is 1220. The van der Waals surface area contributed by atoms with Crippen LogP contribution in [0.4, 0.5) is 4.79 Å². The summed E-state index contributed by atoms with van der Waals surface area (Å²) in [6.07, 6.45) is 4.87. The van der Waals surface area contributed by atoms with Gasteiger partial charge in [0.25, 0.3) is 0 Å². The fraction of sp³-hybridized carbons (Fsp3) is 0.333. The Morgan fingerprint density at radius 3 is 2.44 bits per heavy atom. The average molecular weight is 595 g/mol. The number of likely N-dealkylation sites (tertiary alicyclic amines) is 1. The molecule has 3 amide bonds. The first-order valence-corrected chi connectivity index (χ1v) is 14.1. The molecule has 1 saturated heterocycles. The van der Waals surface area contributed by atoms with Crippen LogP contribution < -0.4 is 10.6 Å². The maximum Gasteiger partial charge on any atom is 0.407 e. The molecule has 1 aliphatic rings. The zero-order chi connectivity index (χ0) is 28.4. The number of nitrogens with zero attached hydrogens (tertiary/aromatic N) is 1. The van der Waals surface area contributed by atoms with Gasteiger partial charge >= 0.3 is 12.1 Å². The molecule has 2 aromatic rings. The zero-order valence-electron chi connectivity index (χ0n) is 21.2. The van der Waals surface area contributed by atoms with Crippen molar-refractivity contribution in [1.82, 2.24) is 15.5 Å². The third kappa shape index (κ3) is 8.91. The van der Waals surface area contributed by atoms with Gasteiger partial charge in [-0.15, -0.1) is 11.8 Å². The van der Waals surface area contributed by atoms with Gasteiger partial charge in [0.05, 0.1) is 16.6 Å². The molecule has 2 aromatic carbocycles. The third-order valence-corrected chi connectivity index (χ3v) is 7.95. The quantitative estimate of drug-likeness (QED) is 0.274. The van der Waals surface area contributed by atoms with E-state index in [4.69, 9.17) is 27.9 Å². The summed E-state index contributed by atoms with van der Waals surface area (Å²) < 4.78 is 5.07. The molecular formula is C27H29Cl2N3O6S. The number of carboxylic acid groups (broad SMARTS) is 1. The minimum Gasteiger partial charge on any atom is -0.480 e. The summed E-state index contributed by atoms with van der Waals surface area (Å²) in [4.78, 5) is 51.4. The standard InChI is InChI=1S/C27H29Cl2N3O6S/c1-39-21-9-7-18(23(28)24(21)29)8-10-22(33)32-13-11-19(12-14-32)25(34)31-20(26(35)36)15-30-27(37)38-16-17-5-3-2-4-6-17/h2-10,19-20H,11-16H2,1H3,(H,30,37)(H,31,34)(H,35,36). The molecule has 0 aromatic heterocycles. The van der Waals surface area contributed by atoms with E-state index in [0.717, 1.165) is 10.5 Å². The Hall–Kier alpha value is -3.21. The molecule has 1 atom stereocenters. The Morgan fingerprint density at radius 1 is 1.10 bits per heavy atom. The van der Waals surface area contributed by atoms with E-state index in [9.17, 15) is 24.3 Å². The minimum atomic E-state index is -1.32. The molecule has 0 spiro atoms. The monoisotopic (exact) mass is 593 g/mol. The van der Waals surface area contributed by atoms with Gasteiger partial charge in [-0.05, 0) is 42.4 Å². The van der Waals surface area contributed by atoms with Gasteiger partial charge in [0.15, 0.2) is 0 Å². The van der Waals surface area contributed by atoms with Crippen LogP contribution in [0, 0.1) is 5.92 Å². The normalized spacial score (nSPS) is 14.6. The number of amides is 3. The van der Waals surface area contributed by atoms with Gasteiger partial charge in [0.2, 0.25) is 11.8 Å². The minimum absolute atomic E-state index is 0.0360. The zero-order valence-corrected chi connectivity index (χ0v) is 23.5. The summed E-state index contributed by atoms with van der Waals surface area (Å²) in [5.41, 5.74) is 1.41. The molecule has 1 aliphatic heterocycles. The van der Waals surface area contributed by atoms with Gasteiger partial charge in [0, 0.05) is 30.0 Å². The maximum absolute atomic E-state index is 12.7. The SMILES string of the molecule is CSc1ccc(C=CC(=O)N2CCC(C(=O)NC(CNC(=O)OCc3ccccc3)C(=O)O)CC2)c(Cl)c1Cl. The molecule has 1 heterocycles. The maximum atomic E-state index is 12.7. The van der Waals surface area contributed by atoms with Crippen LogP contribution in [0.25, 0.3) is 6.08 Å². The van der Waals surface area contributed by atoms with Crippen molar-refractivity contribution in [3.05, 3.63) is 69.7 Å². The second-order valence-corrected chi connectivity index (χ2v) is 10.4. The Labute approximate surface area is 240 Å². The van der Waals surface area contributed by atoms with E-state index in [1.54, 1.807) is 29.2 Å². The lowest BCUT2D eigenvalue weighted by Gasteiger charge is -2.31. The average Bonchev–Trinajstić information content (AvgIpc) is 2.95. The lowest BCUT2D eigenvalue weighted by Crippen LogP contribution is -2.51. The van der Waals surface area contributed by atoms with E-state index in [0.29, 0.717) is 41.5 Å². The first-order chi connectivity index (χ1) is 18.7. The summed E-state index contributed by atoms with van der Waals surface area (Å²) in [6.45, 7) is 0.377. The molecule has 0 radical (unpaired) electrons. The third-order valence-electron chi connectivity index (χ3n) is 6.16. The van der Waals surface area contributed by atoms with E-state index in [1.807, 2.05) is 30.5 Å². The van der Waals surface area contributed by atoms with Crippen molar-refractivity contribution in [2.75, 3.05) is 25.9 Å². The number of hydrogen-bond donors (Lipinski definition) is 3. The lowest BCUT2D eigenvalue weighted by molar-refractivity contribution is -0.142. The summed E-state index contributed by atoms with van der Waals surface area (Å²) in [6, 6.07) is 11.3. The van der Waals surface area contributed by atoms with Crippen molar-refractivity contribution < 1.29 is 29.0 Å². The number of carbonyl (C=O) groups is 4. The number of halogens is 2. The molecule has 3 rings (SSSR count). The highest BCUT2D eigenvalue weighted by Crippen LogP contribution is 2.35. The van der Waals surface area contributed by atoms with Crippen LogP contribution in [-0.4, -0.2) is 65.8 Å². The first-order valence-electron chi connectivity index (χ1n) is 12.2. The molecule has 12 heteroatoms. The summed E-state index contributed by atoms with van der Waals surface area (Å²) >= 11 is 14.0. The molecule has 1 unspecified atom stereocenters. The number of alkyl carbamates (subject to hydrolysis) is 1. The van der Waals surface area contributed by atoms with Crippen molar-refractivity contribution in [3.63, 3.8) is 0 Å². The lowest BCUT2D eigenvalue weighted by atomic mass is 9.95. The number of aliphatic carboxylic acids is 1. The van der Waals surface area contributed by atoms with E-state index >= 15 is 0 Å². The number of ether oxygens (including phenoxy) is 1. The van der Waals surface area contributed by atoms with Crippen LogP contribution in [-0.2, 0) is 25.7 Å². The largest absolute Gasteiger partial charge is 0.480 e. The van der Waals surface area contributed by atoms with Gasteiger partial charge in [-0.3, -0.25) is 9.59 Å². The van der Waals surface area contributed by atoms with Gasteiger partial charge in [0.1, 0.15) is 12.6 Å². The predicted octanol–water partition coefficient (Wildman–Crippen LogP) is 4.46. The molecule has 0 bridgehead atoms. The van der Waals surface area contributed by atoms with Crippen molar-refractivity contribution in [2.24, 2.45) is 5.92 Å². The van der Waals surface area contributed by atoms with Gasteiger partial charge in [-0.25, -0.2) is 9.59 Å². The molecule has 1 fully saturated rings. The number of thioether (sulfide) groups is 1. The molecule has 9 nitrogen and oxygen atoms in total. The second kappa shape index (κ2) is 14.8. The van der Waals surface area contributed by atoms with Crippen LogP contribution in [0.2, 0.25) is 10.0 Å². The van der Waals surface area contributed by atoms with Crippen LogP contribution in [0.15, 0.2) is 53.4 Å². The topological polar surface area (TPSA) is 125 Å². The first kappa shape index (κ1) is 30.3. The number of piperidine rings is 1. The number of benzene rings is 2. The van der Waals surface area contributed by atoms with E-state index in [2.05, 4.69) is 10.6 Å². The van der Waals surface area contributed by atoms with Crippen molar-refractivity contribution >= 4 is 64.9 Å². The van der Waals surface area contributed by atoms with Gasteiger partial charge in [-0.1, -0.05) is 59.6 Å². The van der Waals surface area contributed by atoms with Crippen molar-refractivity contribution in [3.8, 4) is 0 Å². The fourth-order valence-electron chi connectivity index (χ4n) is 3.91. The number of rotatable bonds is 10. The molecule has 0 saturated carbocycles. The highest BCUT2D eigenvalue weighted by atomic mass is 35.5. The number of nitrogens with one attached hydrogen (secondary N) is 2. The van der Waals surface area contributed by atoms with Crippen molar-refractivity contribution in [1.29, 1.82) is 0 Å². The highest BCUT2D eigenvalue weighted by molar-refractivity contribution is 7.98. The van der Waals surface area contributed by atoms with E-state index in [1.165, 1.54) is 17.8 Å². The van der Waals surface area contributed by atoms with Gasteiger partial charge < -0.3 is 25.4 Å². The number of carbonyl (C=O) groups excluding carboxylic acids is 3.